The van der Waals surface area contributed by atoms with E-state index in [1.165, 1.54) is 12.1 Å². The van der Waals surface area contributed by atoms with Crippen LogP contribution in [0.5, 0.6) is 0 Å². The van der Waals surface area contributed by atoms with E-state index in [0.29, 0.717) is 48.9 Å². The number of hydrogen-bond donors (Lipinski definition) is 1. The van der Waals surface area contributed by atoms with Gasteiger partial charge < -0.3 is 5.32 Å². The number of amides is 1. The third-order valence-corrected chi connectivity index (χ3v) is 6.41. The number of carbonyl (C=O) groups is 3. The molecule has 1 aliphatic carbocycles. The molecule has 0 saturated heterocycles. The van der Waals surface area contributed by atoms with Gasteiger partial charge in [-0.25, -0.2) is 0 Å². The molecule has 2 aromatic carbocycles. The van der Waals surface area contributed by atoms with E-state index in [2.05, 4.69) is 5.32 Å². The lowest BCUT2D eigenvalue weighted by Crippen LogP contribution is -2.16. The zero-order valence-electron chi connectivity index (χ0n) is 20.7. The molecule has 0 bridgehead atoms. The van der Waals surface area contributed by atoms with Crippen LogP contribution in [0.4, 0.5) is 26.3 Å². The summed E-state index contributed by atoms with van der Waals surface area (Å²) in [5, 5.41) is 2.55. The molecule has 0 aliphatic heterocycles. The maximum atomic E-state index is 13.2. The van der Waals surface area contributed by atoms with Crippen LogP contribution in [0.15, 0.2) is 42.0 Å². The summed E-state index contributed by atoms with van der Waals surface area (Å²) < 4.78 is 79.0. The smallest absolute Gasteiger partial charge is 0.359 e. The Hall–Kier alpha value is -3.43. The number of benzene rings is 2. The normalized spacial score (nSPS) is 14.9. The zero-order chi connectivity index (χ0) is 28.1. The minimum atomic E-state index is -4.98. The summed E-state index contributed by atoms with van der Waals surface area (Å²) in [6.45, 7) is 0. The molecule has 3 rings (SSSR count). The highest BCUT2D eigenvalue weighted by atomic mass is 19.4. The minimum absolute atomic E-state index is 0.0245. The highest BCUT2D eigenvalue weighted by Crippen LogP contribution is 2.37. The molecule has 10 heteroatoms. The first kappa shape index (κ1) is 29.1. The summed E-state index contributed by atoms with van der Waals surface area (Å²) in [5.74, 6) is -0.604. The molecule has 4 nitrogen and oxygen atoms in total. The van der Waals surface area contributed by atoms with Crippen LogP contribution in [0.2, 0.25) is 0 Å². The summed E-state index contributed by atoms with van der Waals surface area (Å²) in [6.07, 6.45) is -4.68. The average Bonchev–Trinajstić information content (AvgIpc) is 2.86. The van der Waals surface area contributed by atoms with Crippen LogP contribution in [0.3, 0.4) is 0 Å². The fourth-order valence-electron chi connectivity index (χ4n) is 4.35. The van der Waals surface area contributed by atoms with Gasteiger partial charge in [0, 0.05) is 36.6 Å². The largest absolute Gasteiger partial charge is 0.416 e. The van der Waals surface area contributed by atoms with E-state index in [1.807, 2.05) is 0 Å². The molecule has 0 spiro atoms. The Bertz CT molecular complexity index is 1210. The second-order valence-electron chi connectivity index (χ2n) is 9.22. The van der Waals surface area contributed by atoms with Crippen LogP contribution in [0, 0.1) is 0 Å². The lowest BCUT2D eigenvalue weighted by Gasteiger charge is -2.19. The number of fused-ring (bicyclic) bond motifs is 1. The number of ketones is 2. The maximum absolute atomic E-state index is 13.2. The summed E-state index contributed by atoms with van der Waals surface area (Å²) in [4.78, 5) is 36.8. The molecule has 0 fully saturated rings. The number of aryl methyl sites for hydroxylation is 1. The van der Waals surface area contributed by atoms with E-state index >= 15 is 0 Å². The van der Waals surface area contributed by atoms with Crippen LogP contribution >= 0.6 is 0 Å². The second kappa shape index (κ2) is 12.0. The molecule has 0 saturated carbocycles. The molecule has 1 amide bonds. The fourth-order valence-corrected chi connectivity index (χ4v) is 4.35. The Balaban J connectivity index is 1.71. The van der Waals surface area contributed by atoms with Crippen LogP contribution < -0.4 is 5.32 Å². The molecule has 0 atom stereocenters. The number of halogens is 6. The zero-order valence-corrected chi connectivity index (χ0v) is 20.7. The van der Waals surface area contributed by atoms with Crippen molar-refractivity contribution in [2.45, 2.75) is 63.7 Å². The molecule has 2 aromatic rings. The third kappa shape index (κ3) is 7.55. The van der Waals surface area contributed by atoms with Crippen molar-refractivity contribution in [1.82, 2.24) is 5.32 Å². The number of hydrogen-bond acceptors (Lipinski definition) is 3. The Kier molecular flexibility index (Phi) is 9.17. The van der Waals surface area contributed by atoms with E-state index in [1.54, 1.807) is 13.1 Å². The number of rotatable bonds is 9. The SMILES string of the molecule is CNC(=O)CCCCCCC(=O)c1ccc2c(c1)CC/C(=C\c1cc(C(F)(F)F)cc(C(F)(F)F)c1)C2=O. The quantitative estimate of drug-likeness (QED) is 0.159. The van der Waals surface area contributed by atoms with Gasteiger partial charge in [-0.05, 0) is 67.2 Å². The summed E-state index contributed by atoms with van der Waals surface area (Å²) >= 11 is 0. The number of Topliss-reactive ketones (excluding diaryl/α,β-unsaturated/α-hetero) is 2. The van der Waals surface area contributed by atoms with Crippen LogP contribution in [0.1, 0.15) is 87.9 Å². The molecular formula is C28H27F6NO3. The summed E-state index contributed by atoms with van der Waals surface area (Å²) in [5.41, 5.74) is -1.82. The van der Waals surface area contributed by atoms with Gasteiger partial charge in [0.2, 0.25) is 5.91 Å². The van der Waals surface area contributed by atoms with Gasteiger partial charge in [-0.3, -0.25) is 14.4 Å². The van der Waals surface area contributed by atoms with Gasteiger partial charge in [0.05, 0.1) is 11.1 Å². The first-order valence-corrected chi connectivity index (χ1v) is 12.2. The van der Waals surface area contributed by atoms with E-state index in [9.17, 15) is 40.7 Å². The van der Waals surface area contributed by atoms with Crippen molar-refractivity contribution >= 4 is 23.5 Å². The number of unbranched alkanes of at least 4 members (excludes halogenated alkanes) is 3. The van der Waals surface area contributed by atoms with Crippen molar-refractivity contribution in [2.24, 2.45) is 0 Å². The number of nitrogens with one attached hydrogen (secondary N) is 1. The predicted octanol–water partition coefficient (Wildman–Crippen LogP) is 7.21. The standard InChI is InChI=1S/C28H27F6NO3/c1-35-25(37)7-5-3-2-4-6-24(36)19-10-11-23-18(15-19)8-9-20(26(23)38)12-17-13-21(27(29,30)31)16-22(14-17)28(32,33)34/h10-16H,2-9H2,1H3,(H,35,37)/b20-12+. The first-order chi connectivity index (χ1) is 17.8. The Morgan fingerprint density at radius 2 is 1.45 bits per heavy atom. The molecule has 38 heavy (non-hydrogen) atoms. The molecule has 1 N–H and O–H groups in total. The molecule has 0 radical (unpaired) electrons. The second-order valence-corrected chi connectivity index (χ2v) is 9.22. The highest BCUT2D eigenvalue weighted by Gasteiger charge is 2.37. The predicted molar refractivity (Wildman–Crippen MR) is 130 cm³/mol. The Morgan fingerprint density at radius 1 is 0.842 bits per heavy atom. The van der Waals surface area contributed by atoms with Crippen molar-refractivity contribution in [3.05, 3.63) is 75.4 Å². The lowest BCUT2D eigenvalue weighted by atomic mass is 9.84. The van der Waals surface area contributed by atoms with Crippen molar-refractivity contribution in [1.29, 1.82) is 0 Å². The van der Waals surface area contributed by atoms with Gasteiger partial charge >= 0.3 is 12.4 Å². The van der Waals surface area contributed by atoms with Gasteiger partial charge in [-0.1, -0.05) is 25.0 Å². The number of carbonyl (C=O) groups excluding carboxylic acids is 3. The van der Waals surface area contributed by atoms with Crippen LogP contribution in [0.25, 0.3) is 6.08 Å². The molecule has 0 aromatic heterocycles. The van der Waals surface area contributed by atoms with Crippen molar-refractivity contribution in [3.63, 3.8) is 0 Å². The number of alkyl halides is 6. The van der Waals surface area contributed by atoms with Gasteiger partial charge in [0.1, 0.15) is 0 Å². The Morgan fingerprint density at radius 3 is 2.03 bits per heavy atom. The Labute approximate surface area is 216 Å². The minimum Gasteiger partial charge on any atom is -0.359 e. The summed E-state index contributed by atoms with van der Waals surface area (Å²) in [6, 6.07) is 5.85. The summed E-state index contributed by atoms with van der Waals surface area (Å²) in [7, 11) is 1.58. The van der Waals surface area contributed by atoms with Crippen molar-refractivity contribution < 1.29 is 40.7 Å². The van der Waals surface area contributed by atoms with Crippen LogP contribution in [-0.4, -0.2) is 24.5 Å². The van der Waals surface area contributed by atoms with Gasteiger partial charge in [0.25, 0.3) is 0 Å². The maximum Gasteiger partial charge on any atom is 0.416 e. The molecular weight excluding hydrogens is 512 g/mol. The van der Waals surface area contributed by atoms with Crippen molar-refractivity contribution in [2.75, 3.05) is 7.05 Å². The first-order valence-electron chi connectivity index (χ1n) is 12.2. The molecule has 1 aliphatic rings. The van der Waals surface area contributed by atoms with E-state index in [4.69, 9.17) is 0 Å². The molecule has 0 unspecified atom stereocenters. The van der Waals surface area contributed by atoms with Gasteiger partial charge in [-0.15, -0.1) is 0 Å². The molecule has 0 heterocycles. The monoisotopic (exact) mass is 539 g/mol. The lowest BCUT2D eigenvalue weighted by molar-refractivity contribution is -0.143. The fraction of sp³-hybridized carbons (Fsp3) is 0.393. The van der Waals surface area contributed by atoms with Crippen molar-refractivity contribution in [3.8, 4) is 0 Å². The van der Waals surface area contributed by atoms with E-state index in [-0.39, 0.29) is 40.9 Å². The van der Waals surface area contributed by atoms with Gasteiger partial charge in [0.15, 0.2) is 11.6 Å². The highest BCUT2D eigenvalue weighted by molar-refractivity contribution is 6.13. The van der Waals surface area contributed by atoms with Crippen LogP contribution in [-0.2, 0) is 23.6 Å². The number of allylic oxidation sites excluding steroid dienone is 1. The third-order valence-electron chi connectivity index (χ3n) is 6.41. The molecule has 204 valence electrons. The van der Waals surface area contributed by atoms with E-state index in [0.717, 1.165) is 25.3 Å². The average molecular weight is 540 g/mol. The van der Waals surface area contributed by atoms with E-state index < -0.39 is 29.3 Å². The van der Waals surface area contributed by atoms with Gasteiger partial charge in [-0.2, -0.15) is 26.3 Å². The topological polar surface area (TPSA) is 63.2 Å².